The van der Waals surface area contributed by atoms with E-state index in [2.05, 4.69) is 33.0 Å². The van der Waals surface area contributed by atoms with Crippen molar-refractivity contribution in [2.24, 2.45) is 0 Å². The minimum absolute atomic E-state index is 0. The van der Waals surface area contributed by atoms with Gasteiger partial charge in [0.15, 0.2) is 0 Å². The van der Waals surface area contributed by atoms with Crippen molar-refractivity contribution in [3.05, 3.63) is 129 Å². The summed E-state index contributed by atoms with van der Waals surface area (Å²) in [6.07, 6.45) is 7.30. The van der Waals surface area contributed by atoms with Crippen molar-refractivity contribution in [1.82, 2.24) is 10.2 Å². The molecule has 4 aliphatic rings. The smallest absolute Gasteiger partial charge is 0.255 e. The number of hydrogen-bond acceptors (Lipinski definition) is 6. The van der Waals surface area contributed by atoms with Gasteiger partial charge in [-0.15, -0.1) is 24.0 Å². The summed E-state index contributed by atoms with van der Waals surface area (Å²) >= 11 is 17.3. The fourth-order valence-electron chi connectivity index (χ4n) is 7.19. The van der Waals surface area contributed by atoms with E-state index in [0.29, 0.717) is 27.1 Å². The van der Waals surface area contributed by atoms with Crippen LogP contribution in [0, 0.1) is 0 Å². The fraction of sp³-hybridized carbons (Fsp3) is 0.395. The predicted molar refractivity (Wildman–Crippen MR) is 234 cm³/mol. The zero-order valence-corrected chi connectivity index (χ0v) is 33.9. The summed E-state index contributed by atoms with van der Waals surface area (Å²) in [7, 11) is 0. The van der Waals surface area contributed by atoms with Crippen LogP contribution in [0.2, 0.25) is 10.0 Å². The van der Waals surface area contributed by atoms with Gasteiger partial charge < -0.3 is 25.4 Å². The van der Waals surface area contributed by atoms with E-state index in [9.17, 15) is 9.59 Å². The SMILES string of the molecule is C.C1COC2(C1)CCNC2.Cl.O=C(Nc1ccc(CCl)cc1)c1ccc(Cl)cc1.O=C(Nc1ccc(CN2CCC3(CCCO3)C2)cc1)c1ccc(Cl)cc1.[B]. The molecular formula is C43H52BCl4N4O4. The Morgan fingerprint density at radius 1 is 0.679 bits per heavy atom. The second kappa shape index (κ2) is 22.7. The van der Waals surface area contributed by atoms with Gasteiger partial charge in [0, 0.05) is 86.2 Å². The molecule has 299 valence electrons. The number of benzene rings is 4. The van der Waals surface area contributed by atoms with Gasteiger partial charge in [-0.3, -0.25) is 14.5 Å². The first-order chi connectivity index (χ1) is 25.7. The van der Waals surface area contributed by atoms with Crippen molar-refractivity contribution in [2.75, 3.05) is 50.0 Å². The van der Waals surface area contributed by atoms with Gasteiger partial charge in [-0.1, -0.05) is 54.9 Å². The van der Waals surface area contributed by atoms with E-state index in [0.717, 1.165) is 69.3 Å². The topological polar surface area (TPSA) is 91.9 Å². The van der Waals surface area contributed by atoms with Crippen LogP contribution in [0.15, 0.2) is 97.1 Å². The quantitative estimate of drug-likeness (QED) is 0.127. The van der Waals surface area contributed by atoms with Gasteiger partial charge in [0.2, 0.25) is 0 Å². The van der Waals surface area contributed by atoms with Crippen LogP contribution in [-0.2, 0) is 21.9 Å². The molecule has 0 aliphatic carbocycles. The molecule has 2 amide bonds. The molecule has 4 aliphatic heterocycles. The van der Waals surface area contributed by atoms with Crippen LogP contribution in [0.4, 0.5) is 11.4 Å². The Bertz CT molecular complexity index is 1760. The van der Waals surface area contributed by atoms with Gasteiger partial charge in [0.05, 0.1) is 11.2 Å². The summed E-state index contributed by atoms with van der Waals surface area (Å²) < 4.78 is 11.6. The maximum absolute atomic E-state index is 12.3. The molecule has 2 atom stereocenters. The lowest BCUT2D eigenvalue weighted by Crippen LogP contribution is -2.32. The summed E-state index contributed by atoms with van der Waals surface area (Å²) in [5.74, 6) is 0.172. The van der Waals surface area contributed by atoms with Crippen molar-refractivity contribution < 1.29 is 19.1 Å². The molecule has 13 heteroatoms. The van der Waals surface area contributed by atoms with E-state index in [1.54, 1.807) is 48.5 Å². The maximum Gasteiger partial charge on any atom is 0.255 e. The van der Waals surface area contributed by atoms with Crippen LogP contribution < -0.4 is 16.0 Å². The summed E-state index contributed by atoms with van der Waals surface area (Å²) in [6.45, 7) is 7.19. The van der Waals surface area contributed by atoms with E-state index >= 15 is 0 Å². The molecule has 2 unspecified atom stereocenters. The number of hydrogen-bond donors (Lipinski definition) is 3. The average molecular weight is 842 g/mol. The highest BCUT2D eigenvalue weighted by Gasteiger charge is 2.41. The van der Waals surface area contributed by atoms with Crippen LogP contribution in [0.1, 0.15) is 77.8 Å². The first-order valence-electron chi connectivity index (χ1n) is 18.3. The largest absolute Gasteiger partial charge is 0.374 e. The number of nitrogens with zero attached hydrogens (tertiary/aromatic N) is 1. The highest BCUT2D eigenvalue weighted by Crippen LogP contribution is 2.35. The lowest BCUT2D eigenvalue weighted by molar-refractivity contribution is 0.0122. The van der Waals surface area contributed by atoms with Crippen molar-refractivity contribution in [2.45, 2.75) is 69.6 Å². The molecular weight excluding hydrogens is 789 g/mol. The molecule has 3 radical (unpaired) electrons. The second-order valence-electron chi connectivity index (χ2n) is 14.1. The van der Waals surface area contributed by atoms with Crippen molar-refractivity contribution >= 4 is 78.8 Å². The number of alkyl halides is 1. The maximum atomic E-state index is 12.3. The van der Waals surface area contributed by atoms with E-state index < -0.39 is 0 Å². The molecule has 8 nitrogen and oxygen atoms in total. The molecule has 0 bridgehead atoms. The van der Waals surface area contributed by atoms with Gasteiger partial charge in [-0.05, 0) is 129 Å². The molecule has 4 saturated heterocycles. The number of likely N-dealkylation sites (tertiary alicyclic amines) is 1. The third-order valence-electron chi connectivity index (χ3n) is 10.2. The Hall–Kier alpha value is -3.12. The third kappa shape index (κ3) is 13.5. The van der Waals surface area contributed by atoms with Crippen molar-refractivity contribution in [3.8, 4) is 0 Å². The number of carbonyl (C=O) groups is 2. The monoisotopic (exact) mass is 839 g/mol. The normalized spacial score (nSPS) is 20.7. The highest BCUT2D eigenvalue weighted by molar-refractivity contribution is 6.31. The lowest BCUT2D eigenvalue weighted by Gasteiger charge is -2.23. The number of ether oxygens (including phenoxy) is 2. The molecule has 0 aromatic heterocycles. The van der Waals surface area contributed by atoms with Gasteiger partial charge >= 0.3 is 0 Å². The fourth-order valence-corrected chi connectivity index (χ4v) is 7.62. The van der Waals surface area contributed by atoms with Crippen LogP contribution in [0.25, 0.3) is 0 Å². The Balaban J connectivity index is 0.000000244. The molecule has 0 saturated carbocycles. The molecule has 4 aromatic rings. The molecule has 4 heterocycles. The molecule has 3 N–H and O–H groups in total. The molecule has 4 aromatic carbocycles. The summed E-state index contributed by atoms with van der Waals surface area (Å²) in [4.78, 5) is 26.6. The number of anilines is 2. The summed E-state index contributed by atoms with van der Waals surface area (Å²) in [5.41, 5.74) is 5.37. The summed E-state index contributed by atoms with van der Waals surface area (Å²) in [5, 5.41) is 10.3. The van der Waals surface area contributed by atoms with Crippen LogP contribution in [0.5, 0.6) is 0 Å². The van der Waals surface area contributed by atoms with Crippen molar-refractivity contribution in [1.29, 1.82) is 0 Å². The number of halogens is 4. The van der Waals surface area contributed by atoms with Gasteiger partial charge in [0.1, 0.15) is 0 Å². The predicted octanol–water partition coefficient (Wildman–Crippen LogP) is 9.88. The van der Waals surface area contributed by atoms with Crippen LogP contribution in [0.3, 0.4) is 0 Å². The Morgan fingerprint density at radius 3 is 1.59 bits per heavy atom. The Morgan fingerprint density at radius 2 is 1.16 bits per heavy atom. The van der Waals surface area contributed by atoms with Crippen LogP contribution >= 0.6 is 47.2 Å². The third-order valence-corrected chi connectivity index (χ3v) is 11.0. The van der Waals surface area contributed by atoms with E-state index in [1.165, 1.54) is 37.7 Å². The second-order valence-corrected chi connectivity index (χ2v) is 15.2. The zero-order chi connectivity index (χ0) is 37.1. The molecule has 2 spiro atoms. The zero-order valence-electron chi connectivity index (χ0n) is 30.8. The number of nitrogens with one attached hydrogen (secondary N) is 3. The van der Waals surface area contributed by atoms with E-state index in [4.69, 9.17) is 44.3 Å². The van der Waals surface area contributed by atoms with Crippen molar-refractivity contribution in [3.63, 3.8) is 0 Å². The molecule has 8 rings (SSSR count). The first-order valence-corrected chi connectivity index (χ1v) is 19.6. The van der Waals surface area contributed by atoms with Gasteiger partial charge in [-0.2, -0.15) is 0 Å². The van der Waals surface area contributed by atoms with E-state index in [1.807, 2.05) is 36.4 Å². The van der Waals surface area contributed by atoms with Gasteiger partial charge in [0.25, 0.3) is 11.8 Å². The molecule has 56 heavy (non-hydrogen) atoms. The minimum Gasteiger partial charge on any atom is -0.374 e. The molecule has 4 fully saturated rings. The number of carbonyl (C=O) groups excluding carboxylic acids is 2. The Labute approximate surface area is 355 Å². The summed E-state index contributed by atoms with van der Waals surface area (Å²) in [6, 6.07) is 29.1. The van der Waals surface area contributed by atoms with E-state index in [-0.39, 0.29) is 51.3 Å². The van der Waals surface area contributed by atoms with Crippen LogP contribution in [-0.4, -0.2) is 75.7 Å². The number of amides is 2. The highest BCUT2D eigenvalue weighted by atomic mass is 35.5. The first kappa shape index (κ1) is 47.3. The number of rotatable bonds is 7. The minimum atomic E-state index is -0.162. The lowest BCUT2D eigenvalue weighted by atomic mass is 10.00. The Kier molecular flexibility index (Phi) is 19.2. The van der Waals surface area contributed by atoms with Gasteiger partial charge in [-0.25, -0.2) is 0 Å². The standard InChI is InChI=1S/C21H23ClN2O2.C14H11Cl2NO.C7H13NO.CH4.B.ClH/c22-18-6-4-17(5-7-18)20(25)23-19-8-2-16(3-9-19)14-24-12-11-21(15-24)10-1-13-26-21;15-9-10-1-7-13(8-2-10)17-14(18)11-3-5-12(16)6-4-11;1-2-7(9-5-1)3-4-8-6-7;;;/h2-9H,1,10-15H2,(H,23,25);1-8H,9H2,(H,17,18);8H,1-6H2;1H4;;1H. The average Bonchev–Trinajstić information content (AvgIpc) is 4.02.